The van der Waals surface area contributed by atoms with Crippen molar-refractivity contribution in [3.05, 3.63) is 72.3 Å². The minimum atomic E-state index is 0.254. The van der Waals surface area contributed by atoms with Crippen LogP contribution in [-0.2, 0) is 0 Å². The van der Waals surface area contributed by atoms with E-state index in [9.17, 15) is 5.11 Å². The van der Waals surface area contributed by atoms with Gasteiger partial charge in [0.15, 0.2) is 5.75 Å². The number of aromatic hydroxyl groups is 1. The molecule has 6 nitrogen and oxygen atoms in total. The van der Waals surface area contributed by atoms with Crippen LogP contribution in [0.25, 0.3) is 20.5 Å². The summed E-state index contributed by atoms with van der Waals surface area (Å²) < 4.78 is 13.4. The third-order valence-corrected chi connectivity index (χ3v) is 7.75. The van der Waals surface area contributed by atoms with Crippen LogP contribution < -0.4 is 15.2 Å². The van der Waals surface area contributed by atoms with Crippen molar-refractivity contribution in [3.63, 3.8) is 0 Å². The maximum Gasteiger partial charge on any atom is 0.153 e. The van der Waals surface area contributed by atoms with Gasteiger partial charge < -0.3 is 20.3 Å². The highest BCUT2D eigenvalue weighted by molar-refractivity contribution is 7.22. The van der Waals surface area contributed by atoms with E-state index >= 15 is 0 Å². The molecule has 0 amide bonds. The molecule has 0 unspecified atom stereocenters. The van der Waals surface area contributed by atoms with Gasteiger partial charge in [0.2, 0.25) is 0 Å². The molecular weight excluding hydrogens is 470 g/mol. The Balaban J connectivity index is 1.24. The van der Waals surface area contributed by atoms with Gasteiger partial charge in [0.25, 0.3) is 0 Å². The van der Waals surface area contributed by atoms with Crippen molar-refractivity contribution >= 4 is 21.4 Å². The molecule has 4 aromatic rings. The van der Waals surface area contributed by atoms with Crippen molar-refractivity contribution in [1.29, 1.82) is 0 Å². The lowest BCUT2D eigenvalue weighted by atomic mass is 10.1. The molecule has 0 spiro atoms. The van der Waals surface area contributed by atoms with E-state index in [4.69, 9.17) is 15.2 Å². The van der Waals surface area contributed by atoms with E-state index in [0.717, 1.165) is 83.6 Å². The maximum atomic E-state index is 9.99. The van der Waals surface area contributed by atoms with Gasteiger partial charge in [0.1, 0.15) is 23.9 Å². The molecule has 3 N–H and O–H groups in total. The largest absolute Gasteiger partial charge is 0.508 e. The number of piperazine rings is 1. The van der Waals surface area contributed by atoms with Crippen LogP contribution in [0.2, 0.25) is 0 Å². The summed E-state index contributed by atoms with van der Waals surface area (Å²) in [4.78, 5) is 5.90. The van der Waals surface area contributed by atoms with Crippen molar-refractivity contribution in [2.45, 2.75) is 6.92 Å². The first-order chi connectivity index (χ1) is 17.6. The highest BCUT2D eigenvalue weighted by atomic mass is 32.1. The average Bonchev–Trinajstić information content (AvgIpc) is 3.24. The lowest BCUT2D eigenvalue weighted by molar-refractivity contribution is 0.119. The molecule has 5 rings (SSSR count). The SMILES string of the molecule is Cc1ccc(-c2sc3cc(O)ccc3c2Oc2ccc(OCCN3CCN(CCN)CC3)cc2)cc1. The fourth-order valence-corrected chi connectivity index (χ4v) is 5.66. The van der Waals surface area contributed by atoms with Crippen LogP contribution in [0.5, 0.6) is 23.0 Å². The summed E-state index contributed by atoms with van der Waals surface area (Å²) in [5, 5.41) is 11.0. The van der Waals surface area contributed by atoms with Gasteiger partial charge in [-0.3, -0.25) is 9.80 Å². The smallest absolute Gasteiger partial charge is 0.153 e. The topological polar surface area (TPSA) is 71.2 Å². The standard InChI is InChI=1S/C29H33N3O3S/c1-21-2-4-22(5-3-21)29-28(26-11-6-23(33)20-27(26)36-29)35-25-9-7-24(8-10-25)34-19-18-32-16-14-31(13-12-30)15-17-32/h2-11,20,33H,12-19,30H2,1H3. The molecule has 3 aromatic carbocycles. The highest BCUT2D eigenvalue weighted by Gasteiger charge is 2.18. The lowest BCUT2D eigenvalue weighted by Gasteiger charge is -2.34. The summed E-state index contributed by atoms with van der Waals surface area (Å²) in [5.41, 5.74) is 7.97. The second-order valence-electron chi connectivity index (χ2n) is 9.20. The van der Waals surface area contributed by atoms with E-state index in [1.165, 1.54) is 5.56 Å². The van der Waals surface area contributed by atoms with E-state index in [0.29, 0.717) is 6.61 Å². The molecule has 1 aromatic heterocycles. The number of hydrogen-bond donors (Lipinski definition) is 2. The summed E-state index contributed by atoms with van der Waals surface area (Å²) in [6, 6.07) is 21.7. The van der Waals surface area contributed by atoms with Crippen molar-refractivity contribution in [2.75, 3.05) is 52.4 Å². The summed E-state index contributed by atoms with van der Waals surface area (Å²) >= 11 is 1.62. The predicted molar refractivity (Wildman–Crippen MR) is 148 cm³/mol. The Morgan fingerprint density at radius 3 is 2.22 bits per heavy atom. The van der Waals surface area contributed by atoms with Crippen LogP contribution in [0.4, 0.5) is 0 Å². The number of phenols is 1. The number of ether oxygens (including phenoxy) is 2. The predicted octanol–water partition coefficient (Wildman–Crippen LogP) is 5.33. The first kappa shape index (κ1) is 24.6. The second-order valence-corrected chi connectivity index (χ2v) is 10.3. The minimum absolute atomic E-state index is 0.254. The number of nitrogens with two attached hydrogens (primary N) is 1. The fourth-order valence-electron chi connectivity index (χ4n) is 4.49. The molecule has 1 aliphatic heterocycles. The summed E-state index contributed by atoms with van der Waals surface area (Å²) in [6.45, 7) is 9.64. The minimum Gasteiger partial charge on any atom is -0.508 e. The zero-order valence-electron chi connectivity index (χ0n) is 20.7. The van der Waals surface area contributed by atoms with Gasteiger partial charge in [-0.1, -0.05) is 29.8 Å². The van der Waals surface area contributed by atoms with Gasteiger partial charge in [0.05, 0.1) is 4.88 Å². The first-order valence-corrected chi connectivity index (χ1v) is 13.3. The Morgan fingerprint density at radius 1 is 0.861 bits per heavy atom. The van der Waals surface area contributed by atoms with Crippen molar-refractivity contribution in [3.8, 4) is 33.4 Å². The molecule has 0 aliphatic carbocycles. The highest BCUT2D eigenvalue weighted by Crippen LogP contribution is 2.47. The van der Waals surface area contributed by atoms with Gasteiger partial charge in [-0.25, -0.2) is 0 Å². The average molecular weight is 504 g/mol. The third-order valence-electron chi connectivity index (χ3n) is 6.57. The third kappa shape index (κ3) is 5.82. The number of hydrogen-bond acceptors (Lipinski definition) is 7. The zero-order valence-corrected chi connectivity index (χ0v) is 21.5. The summed E-state index contributed by atoms with van der Waals surface area (Å²) in [5.74, 6) is 2.65. The summed E-state index contributed by atoms with van der Waals surface area (Å²) in [6.07, 6.45) is 0. The van der Waals surface area contributed by atoms with Crippen molar-refractivity contribution in [1.82, 2.24) is 9.80 Å². The van der Waals surface area contributed by atoms with Gasteiger partial charge in [-0.15, -0.1) is 11.3 Å². The van der Waals surface area contributed by atoms with Crippen LogP contribution in [0.15, 0.2) is 66.7 Å². The molecule has 0 bridgehead atoms. The number of aryl methyl sites for hydroxylation is 1. The van der Waals surface area contributed by atoms with Crippen LogP contribution >= 0.6 is 11.3 Å². The molecule has 7 heteroatoms. The molecular formula is C29H33N3O3S. The van der Waals surface area contributed by atoms with Gasteiger partial charge in [-0.05, 0) is 55.0 Å². The van der Waals surface area contributed by atoms with E-state index < -0.39 is 0 Å². The number of thiophene rings is 1. The Bertz CT molecular complexity index is 1280. The molecule has 188 valence electrons. The van der Waals surface area contributed by atoms with Crippen molar-refractivity contribution in [2.24, 2.45) is 5.73 Å². The second kappa shape index (κ2) is 11.3. The molecule has 1 saturated heterocycles. The molecule has 36 heavy (non-hydrogen) atoms. The summed E-state index contributed by atoms with van der Waals surface area (Å²) in [7, 11) is 0. The zero-order chi connectivity index (χ0) is 24.9. The molecule has 2 heterocycles. The Morgan fingerprint density at radius 2 is 1.53 bits per heavy atom. The van der Waals surface area contributed by atoms with Crippen molar-refractivity contribution < 1.29 is 14.6 Å². The molecule has 1 aliphatic rings. The van der Waals surface area contributed by atoms with Crippen LogP contribution in [0, 0.1) is 6.92 Å². The maximum absolute atomic E-state index is 9.99. The lowest BCUT2D eigenvalue weighted by Crippen LogP contribution is -2.48. The monoisotopic (exact) mass is 503 g/mol. The van der Waals surface area contributed by atoms with Crippen LogP contribution in [0.1, 0.15) is 5.56 Å². The number of benzene rings is 3. The molecule has 0 radical (unpaired) electrons. The quantitative estimate of drug-likeness (QED) is 0.322. The van der Waals surface area contributed by atoms with Gasteiger partial charge in [0, 0.05) is 55.9 Å². The van der Waals surface area contributed by atoms with Gasteiger partial charge in [-0.2, -0.15) is 0 Å². The van der Waals surface area contributed by atoms with Crippen LogP contribution in [0.3, 0.4) is 0 Å². The normalized spacial score (nSPS) is 14.8. The van der Waals surface area contributed by atoms with Crippen LogP contribution in [-0.4, -0.2) is 67.3 Å². The Kier molecular flexibility index (Phi) is 7.72. The Labute approximate surface area is 216 Å². The van der Waals surface area contributed by atoms with E-state index in [-0.39, 0.29) is 5.75 Å². The Hall–Kier alpha value is -3.10. The molecule has 0 atom stereocenters. The fraction of sp³-hybridized carbons (Fsp3) is 0.310. The molecule has 0 saturated carbocycles. The number of nitrogens with zero attached hydrogens (tertiary/aromatic N) is 2. The number of fused-ring (bicyclic) bond motifs is 1. The first-order valence-electron chi connectivity index (χ1n) is 12.5. The van der Waals surface area contributed by atoms with Gasteiger partial charge >= 0.3 is 0 Å². The van der Waals surface area contributed by atoms with E-state index in [1.54, 1.807) is 23.5 Å². The van der Waals surface area contributed by atoms with E-state index in [1.807, 2.05) is 30.3 Å². The van der Waals surface area contributed by atoms with E-state index in [2.05, 4.69) is 41.0 Å². The molecule has 1 fully saturated rings. The number of phenolic OH excluding ortho intramolecular Hbond substituents is 1. The number of rotatable bonds is 9.